The number of aromatic amines is 1. The average molecular weight is 314 g/mol. The molecule has 7 nitrogen and oxygen atoms in total. The number of hydrogen-bond donors (Lipinski definition) is 4. The molecule has 2 aromatic rings. The molecule has 0 unspecified atom stereocenters. The quantitative estimate of drug-likeness (QED) is 0.669. The molecule has 1 atom stereocenters. The summed E-state index contributed by atoms with van der Waals surface area (Å²) in [5.74, 6) is 1.35. The van der Waals surface area contributed by atoms with E-state index in [0.29, 0.717) is 12.5 Å². The second kappa shape index (κ2) is 6.28. The van der Waals surface area contributed by atoms with Crippen LogP contribution in [0, 0.1) is 13.8 Å². The summed E-state index contributed by atoms with van der Waals surface area (Å²) in [4.78, 5) is 24.2. The molecule has 2 heterocycles. The Labute approximate surface area is 135 Å². The first-order chi connectivity index (χ1) is 11.0. The molecule has 1 aliphatic heterocycles. The Hall–Kier alpha value is -2.57. The zero-order chi connectivity index (χ0) is 16.4. The number of nitrogens with one attached hydrogen (secondary N) is 4. The molecule has 7 heteroatoms. The van der Waals surface area contributed by atoms with Crippen molar-refractivity contribution in [2.45, 2.75) is 33.4 Å². The second-order valence-electron chi connectivity index (χ2n) is 5.83. The van der Waals surface area contributed by atoms with Crippen LogP contribution < -0.4 is 16.0 Å². The summed E-state index contributed by atoms with van der Waals surface area (Å²) in [6.07, 6.45) is 0. The van der Waals surface area contributed by atoms with Gasteiger partial charge in [-0.1, -0.05) is 6.07 Å². The predicted molar refractivity (Wildman–Crippen MR) is 90.3 cm³/mol. The first-order valence-corrected chi connectivity index (χ1v) is 7.82. The van der Waals surface area contributed by atoms with Crippen LogP contribution in [0.3, 0.4) is 0 Å². The van der Waals surface area contributed by atoms with Crippen molar-refractivity contribution in [2.24, 2.45) is 4.99 Å². The molecule has 0 aliphatic carbocycles. The maximum absolute atomic E-state index is 12.1. The van der Waals surface area contributed by atoms with E-state index in [1.165, 1.54) is 5.56 Å². The summed E-state index contributed by atoms with van der Waals surface area (Å²) in [5.41, 5.74) is 4.33. The monoisotopic (exact) mass is 314 g/mol. The van der Waals surface area contributed by atoms with Crippen LogP contribution in [0.5, 0.6) is 0 Å². The number of aryl methyl sites for hydroxylation is 2. The number of carbonyl (C=O) groups is 1. The standard InChI is InChI=1S/C16H22N6O/c1-9-4-5-12-14(10(9)2)22-13(21-12)8-19-15(23)11(3)20-16-17-6-7-18-16/h4-5,11H,6-8H2,1-3H3,(H,19,23)(H,21,22)(H2,17,18,20)/t11-/m0/s1. The molecule has 0 radical (unpaired) electrons. The van der Waals surface area contributed by atoms with Gasteiger partial charge in [-0.3, -0.25) is 9.79 Å². The first kappa shape index (κ1) is 15.3. The molecular weight excluding hydrogens is 292 g/mol. The number of aromatic nitrogens is 2. The van der Waals surface area contributed by atoms with Crippen molar-refractivity contribution >= 4 is 22.9 Å². The molecule has 0 bridgehead atoms. The van der Waals surface area contributed by atoms with Crippen molar-refractivity contribution in [3.05, 3.63) is 29.1 Å². The molecule has 23 heavy (non-hydrogen) atoms. The van der Waals surface area contributed by atoms with Gasteiger partial charge in [0.25, 0.3) is 0 Å². The molecule has 1 aromatic heterocycles. The number of hydrogen-bond acceptors (Lipinski definition) is 5. The molecule has 0 fully saturated rings. The number of H-pyrrole nitrogens is 1. The summed E-state index contributed by atoms with van der Waals surface area (Å²) in [5, 5.41) is 9.03. The van der Waals surface area contributed by atoms with Crippen molar-refractivity contribution in [2.75, 3.05) is 13.1 Å². The van der Waals surface area contributed by atoms with Crippen LogP contribution in [0.15, 0.2) is 17.1 Å². The normalized spacial score (nSPS) is 15.2. The fourth-order valence-corrected chi connectivity index (χ4v) is 2.54. The van der Waals surface area contributed by atoms with E-state index in [-0.39, 0.29) is 11.9 Å². The fraction of sp³-hybridized carbons (Fsp3) is 0.438. The molecule has 122 valence electrons. The molecule has 1 aromatic carbocycles. The highest BCUT2D eigenvalue weighted by molar-refractivity contribution is 5.89. The lowest BCUT2D eigenvalue weighted by atomic mass is 10.1. The Morgan fingerprint density at radius 2 is 2.22 bits per heavy atom. The van der Waals surface area contributed by atoms with Crippen LogP contribution in [0.2, 0.25) is 0 Å². The van der Waals surface area contributed by atoms with E-state index >= 15 is 0 Å². The fourth-order valence-electron chi connectivity index (χ4n) is 2.54. The van der Waals surface area contributed by atoms with E-state index < -0.39 is 0 Å². The van der Waals surface area contributed by atoms with Gasteiger partial charge >= 0.3 is 0 Å². The van der Waals surface area contributed by atoms with Crippen LogP contribution in [0.1, 0.15) is 23.9 Å². The highest BCUT2D eigenvalue weighted by atomic mass is 16.2. The van der Waals surface area contributed by atoms with E-state index in [1.54, 1.807) is 0 Å². The van der Waals surface area contributed by atoms with E-state index in [4.69, 9.17) is 0 Å². The third-order valence-electron chi connectivity index (χ3n) is 4.08. The number of amides is 1. The molecule has 1 aliphatic rings. The smallest absolute Gasteiger partial charge is 0.242 e. The number of aliphatic imine (C=N–C) groups is 1. The predicted octanol–water partition coefficient (Wildman–Crippen LogP) is 0.733. The number of fused-ring (bicyclic) bond motifs is 1. The van der Waals surface area contributed by atoms with Crippen molar-refractivity contribution in [3.63, 3.8) is 0 Å². The van der Waals surface area contributed by atoms with Gasteiger partial charge in [-0.25, -0.2) is 4.98 Å². The molecule has 0 spiro atoms. The van der Waals surface area contributed by atoms with Gasteiger partial charge in [0.05, 0.1) is 24.1 Å². The summed E-state index contributed by atoms with van der Waals surface area (Å²) in [6.45, 7) is 7.87. The zero-order valence-corrected chi connectivity index (χ0v) is 13.7. The minimum atomic E-state index is -0.354. The van der Waals surface area contributed by atoms with Crippen LogP contribution in [0.25, 0.3) is 11.0 Å². The lowest BCUT2D eigenvalue weighted by molar-refractivity contribution is -0.122. The number of benzene rings is 1. The maximum Gasteiger partial charge on any atom is 0.242 e. The molecule has 0 saturated heterocycles. The topological polar surface area (TPSA) is 94.2 Å². The largest absolute Gasteiger partial charge is 0.355 e. The summed E-state index contributed by atoms with van der Waals surface area (Å²) < 4.78 is 0. The highest BCUT2D eigenvalue weighted by Gasteiger charge is 2.16. The van der Waals surface area contributed by atoms with Gasteiger partial charge in [-0.2, -0.15) is 0 Å². The second-order valence-corrected chi connectivity index (χ2v) is 5.83. The molecular formula is C16H22N6O. The van der Waals surface area contributed by atoms with E-state index in [9.17, 15) is 4.79 Å². The zero-order valence-electron chi connectivity index (χ0n) is 13.7. The van der Waals surface area contributed by atoms with Crippen LogP contribution in [0.4, 0.5) is 0 Å². The van der Waals surface area contributed by atoms with E-state index in [2.05, 4.69) is 50.8 Å². The lowest BCUT2D eigenvalue weighted by Crippen LogP contribution is -2.47. The minimum absolute atomic E-state index is 0.0882. The minimum Gasteiger partial charge on any atom is -0.355 e. The maximum atomic E-state index is 12.1. The number of carbonyl (C=O) groups excluding carboxylic acids is 1. The summed E-state index contributed by atoms with van der Waals surface area (Å²) >= 11 is 0. The number of nitrogens with zero attached hydrogens (tertiary/aromatic N) is 2. The van der Waals surface area contributed by atoms with Crippen molar-refractivity contribution in [1.82, 2.24) is 25.9 Å². The Balaban J connectivity index is 1.61. The first-order valence-electron chi connectivity index (χ1n) is 7.82. The summed E-state index contributed by atoms with van der Waals surface area (Å²) in [7, 11) is 0. The Morgan fingerprint density at radius 3 is 2.96 bits per heavy atom. The molecule has 3 rings (SSSR count). The van der Waals surface area contributed by atoms with E-state index in [0.717, 1.165) is 35.5 Å². The van der Waals surface area contributed by atoms with Crippen molar-refractivity contribution in [3.8, 4) is 0 Å². The van der Waals surface area contributed by atoms with Gasteiger partial charge in [0, 0.05) is 6.54 Å². The van der Waals surface area contributed by atoms with Crippen molar-refractivity contribution in [1.29, 1.82) is 0 Å². The van der Waals surface area contributed by atoms with Gasteiger partial charge in [-0.05, 0) is 38.0 Å². The lowest BCUT2D eigenvalue weighted by Gasteiger charge is -2.14. The number of rotatable bonds is 4. The Bertz CT molecular complexity index is 763. The average Bonchev–Trinajstić information content (AvgIpc) is 3.18. The van der Waals surface area contributed by atoms with Gasteiger partial charge in [0.15, 0.2) is 5.96 Å². The molecule has 1 amide bonds. The van der Waals surface area contributed by atoms with Gasteiger partial charge < -0.3 is 20.9 Å². The van der Waals surface area contributed by atoms with Crippen molar-refractivity contribution < 1.29 is 4.79 Å². The number of guanidine groups is 1. The molecule has 0 saturated carbocycles. The Kier molecular flexibility index (Phi) is 4.18. The third kappa shape index (κ3) is 3.28. The van der Waals surface area contributed by atoms with Gasteiger partial charge in [0.2, 0.25) is 5.91 Å². The number of imidazole rings is 1. The Morgan fingerprint density at radius 1 is 1.39 bits per heavy atom. The summed E-state index contributed by atoms with van der Waals surface area (Å²) in [6, 6.07) is 3.73. The SMILES string of the molecule is Cc1ccc2[nH]c(CNC(=O)[C@H](C)NC3=NCCN3)nc2c1C. The van der Waals surface area contributed by atoms with Gasteiger partial charge in [0.1, 0.15) is 11.9 Å². The highest BCUT2D eigenvalue weighted by Crippen LogP contribution is 2.19. The van der Waals surface area contributed by atoms with E-state index in [1.807, 2.05) is 13.0 Å². The van der Waals surface area contributed by atoms with Gasteiger partial charge in [-0.15, -0.1) is 0 Å². The third-order valence-corrected chi connectivity index (χ3v) is 4.08. The van der Waals surface area contributed by atoms with Crippen LogP contribution >= 0.6 is 0 Å². The molecule has 4 N–H and O–H groups in total. The van der Waals surface area contributed by atoms with Crippen LogP contribution in [-0.4, -0.2) is 41.0 Å². The van der Waals surface area contributed by atoms with Crippen LogP contribution in [-0.2, 0) is 11.3 Å².